The van der Waals surface area contributed by atoms with E-state index < -0.39 is 0 Å². The highest BCUT2D eigenvalue weighted by Crippen LogP contribution is 2.28. The summed E-state index contributed by atoms with van der Waals surface area (Å²) in [5.74, 6) is 0.528. The number of nitrogen functional groups attached to an aromatic ring is 1. The van der Waals surface area contributed by atoms with Crippen LogP contribution in [-0.2, 0) is 6.42 Å². The Hall–Kier alpha value is -1.10. The van der Waals surface area contributed by atoms with Gasteiger partial charge in [-0.15, -0.1) is 0 Å². The second-order valence-electron chi connectivity index (χ2n) is 4.93. The molecule has 0 saturated carbocycles. The minimum absolute atomic E-state index is 0.0925. The van der Waals surface area contributed by atoms with Gasteiger partial charge in [0.15, 0.2) is 0 Å². The number of benzene rings is 1. The Morgan fingerprint density at radius 3 is 2.86 bits per heavy atom. The molecule has 1 unspecified atom stereocenters. The Balaban J connectivity index is 2.30. The number of nitrogens with one attached hydrogen (secondary N) is 1. The van der Waals surface area contributed by atoms with Gasteiger partial charge in [-0.2, -0.15) is 0 Å². The predicted octanol–water partition coefficient (Wildman–Crippen LogP) is 4.36. The Morgan fingerprint density at radius 1 is 1.38 bits per heavy atom. The largest absolute Gasteiger partial charge is 0.383 e. The molecule has 1 heterocycles. The Labute approximate surface area is 139 Å². The zero-order valence-electron chi connectivity index (χ0n) is 11.9. The third-order valence-electron chi connectivity index (χ3n) is 3.31. The first-order chi connectivity index (χ1) is 10.1. The molecule has 0 radical (unpaired) electrons. The molecule has 112 valence electrons. The van der Waals surface area contributed by atoms with Crippen LogP contribution in [0.15, 0.2) is 41.0 Å². The van der Waals surface area contributed by atoms with Gasteiger partial charge in [0.05, 0.1) is 5.02 Å². The molecule has 2 aromatic rings. The lowest BCUT2D eigenvalue weighted by Crippen LogP contribution is -2.25. The fourth-order valence-electron chi connectivity index (χ4n) is 2.24. The number of aromatic nitrogens is 1. The van der Waals surface area contributed by atoms with Crippen molar-refractivity contribution in [2.45, 2.75) is 25.8 Å². The number of rotatable bonds is 6. The minimum Gasteiger partial charge on any atom is -0.383 e. The fourth-order valence-corrected chi connectivity index (χ4v) is 2.85. The van der Waals surface area contributed by atoms with Crippen molar-refractivity contribution in [1.29, 1.82) is 0 Å². The predicted molar refractivity (Wildman–Crippen MR) is 92.5 cm³/mol. The molecule has 1 atom stereocenters. The molecule has 0 fully saturated rings. The van der Waals surface area contributed by atoms with E-state index in [0.717, 1.165) is 29.4 Å². The minimum atomic E-state index is 0.0925. The van der Waals surface area contributed by atoms with Gasteiger partial charge in [0.1, 0.15) is 5.82 Å². The molecule has 0 aliphatic carbocycles. The molecule has 0 spiro atoms. The van der Waals surface area contributed by atoms with Crippen molar-refractivity contribution >= 4 is 33.3 Å². The van der Waals surface area contributed by atoms with E-state index in [1.54, 1.807) is 6.20 Å². The standard InChI is InChI=1S/C16H19BrClN3/c1-2-7-20-15(8-11-5-3-4-6-14(11)17)13-9-12(18)10-21-16(13)19/h3-6,9-10,15,20H,2,7-8H2,1H3,(H2,19,21). The van der Waals surface area contributed by atoms with Crippen molar-refractivity contribution in [2.75, 3.05) is 12.3 Å². The third-order valence-corrected chi connectivity index (χ3v) is 4.29. The van der Waals surface area contributed by atoms with Gasteiger partial charge in [-0.1, -0.05) is 52.7 Å². The summed E-state index contributed by atoms with van der Waals surface area (Å²) in [6.45, 7) is 3.06. The molecule has 0 bridgehead atoms. The van der Waals surface area contributed by atoms with E-state index >= 15 is 0 Å². The quantitative estimate of drug-likeness (QED) is 0.796. The second kappa shape index (κ2) is 7.78. The number of anilines is 1. The molecule has 0 saturated heterocycles. The number of pyridine rings is 1. The van der Waals surface area contributed by atoms with Crippen LogP contribution in [0.2, 0.25) is 5.02 Å². The molecule has 3 nitrogen and oxygen atoms in total. The molecule has 3 N–H and O–H groups in total. The first kappa shape index (κ1) is 16.3. The summed E-state index contributed by atoms with van der Waals surface area (Å²) in [5.41, 5.74) is 8.21. The van der Waals surface area contributed by atoms with Crippen LogP contribution >= 0.6 is 27.5 Å². The Bertz CT molecular complexity index is 604. The van der Waals surface area contributed by atoms with E-state index in [9.17, 15) is 0 Å². The van der Waals surface area contributed by atoms with Crippen molar-refractivity contribution in [3.05, 3.63) is 57.2 Å². The normalized spacial score (nSPS) is 12.3. The van der Waals surface area contributed by atoms with Crippen LogP contribution in [0.3, 0.4) is 0 Å². The SMILES string of the molecule is CCCNC(Cc1ccccc1Br)c1cc(Cl)cnc1N. The molecule has 21 heavy (non-hydrogen) atoms. The number of hydrogen-bond donors (Lipinski definition) is 2. The smallest absolute Gasteiger partial charge is 0.128 e. The Morgan fingerprint density at radius 2 is 2.14 bits per heavy atom. The highest BCUT2D eigenvalue weighted by molar-refractivity contribution is 9.10. The maximum Gasteiger partial charge on any atom is 0.128 e. The lowest BCUT2D eigenvalue weighted by molar-refractivity contribution is 0.529. The van der Waals surface area contributed by atoms with Gasteiger partial charge in [0, 0.05) is 22.3 Å². The van der Waals surface area contributed by atoms with E-state index in [-0.39, 0.29) is 6.04 Å². The van der Waals surface area contributed by atoms with Gasteiger partial charge in [-0.05, 0) is 37.1 Å². The average molecular weight is 369 g/mol. The number of nitrogens with zero attached hydrogens (tertiary/aromatic N) is 1. The summed E-state index contributed by atoms with van der Waals surface area (Å²) >= 11 is 9.67. The summed E-state index contributed by atoms with van der Waals surface area (Å²) in [5, 5.41) is 4.14. The molecule has 5 heteroatoms. The molecule has 0 aliphatic rings. The summed E-state index contributed by atoms with van der Waals surface area (Å²) in [6, 6.07) is 10.2. The van der Waals surface area contributed by atoms with E-state index in [2.05, 4.69) is 39.2 Å². The van der Waals surface area contributed by atoms with Crippen molar-refractivity contribution in [3.63, 3.8) is 0 Å². The van der Waals surface area contributed by atoms with E-state index in [0.29, 0.717) is 10.8 Å². The lowest BCUT2D eigenvalue weighted by Gasteiger charge is -2.21. The van der Waals surface area contributed by atoms with Crippen LogP contribution in [0, 0.1) is 0 Å². The van der Waals surface area contributed by atoms with Gasteiger partial charge in [0.2, 0.25) is 0 Å². The highest BCUT2D eigenvalue weighted by atomic mass is 79.9. The molecule has 0 amide bonds. The molecule has 0 aliphatic heterocycles. The lowest BCUT2D eigenvalue weighted by atomic mass is 9.99. The van der Waals surface area contributed by atoms with Gasteiger partial charge >= 0.3 is 0 Å². The topological polar surface area (TPSA) is 50.9 Å². The Kier molecular flexibility index (Phi) is 6.03. The maximum absolute atomic E-state index is 6.07. The van der Waals surface area contributed by atoms with Crippen LogP contribution in [-0.4, -0.2) is 11.5 Å². The van der Waals surface area contributed by atoms with Crippen LogP contribution in [0.1, 0.15) is 30.5 Å². The van der Waals surface area contributed by atoms with Gasteiger partial charge in [-0.3, -0.25) is 0 Å². The maximum atomic E-state index is 6.07. The van der Waals surface area contributed by atoms with Crippen LogP contribution in [0.5, 0.6) is 0 Å². The van der Waals surface area contributed by atoms with Crippen LogP contribution in [0.4, 0.5) is 5.82 Å². The number of hydrogen-bond acceptors (Lipinski definition) is 3. The monoisotopic (exact) mass is 367 g/mol. The summed E-state index contributed by atoms with van der Waals surface area (Å²) in [4.78, 5) is 4.17. The van der Waals surface area contributed by atoms with Crippen molar-refractivity contribution in [3.8, 4) is 0 Å². The molecular formula is C16H19BrClN3. The second-order valence-corrected chi connectivity index (χ2v) is 6.22. The molecule has 2 rings (SSSR count). The first-order valence-corrected chi connectivity index (χ1v) is 8.16. The first-order valence-electron chi connectivity index (χ1n) is 6.99. The summed E-state index contributed by atoms with van der Waals surface area (Å²) in [6.07, 6.45) is 3.46. The van der Waals surface area contributed by atoms with Crippen LogP contribution < -0.4 is 11.1 Å². The zero-order chi connectivity index (χ0) is 15.2. The number of nitrogens with two attached hydrogens (primary N) is 1. The van der Waals surface area contributed by atoms with Gasteiger partial charge in [0.25, 0.3) is 0 Å². The number of halogens is 2. The van der Waals surface area contributed by atoms with Crippen molar-refractivity contribution in [1.82, 2.24) is 10.3 Å². The summed E-state index contributed by atoms with van der Waals surface area (Å²) < 4.78 is 1.10. The third kappa shape index (κ3) is 4.43. The van der Waals surface area contributed by atoms with E-state index in [1.807, 2.05) is 24.3 Å². The van der Waals surface area contributed by atoms with Crippen molar-refractivity contribution in [2.24, 2.45) is 0 Å². The van der Waals surface area contributed by atoms with Gasteiger partial charge < -0.3 is 11.1 Å². The average Bonchev–Trinajstić information content (AvgIpc) is 2.48. The summed E-state index contributed by atoms with van der Waals surface area (Å²) in [7, 11) is 0. The van der Waals surface area contributed by atoms with Gasteiger partial charge in [-0.25, -0.2) is 4.98 Å². The highest BCUT2D eigenvalue weighted by Gasteiger charge is 2.17. The molecular weight excluding hydrogens is 350 g/mol. The van der Waals surface area contributed by atoms with E-state index in [4.69, 9.17) is 17.3 Å². The molecule has 1 aromatic heterocycles. The zero-order valence-corrected chi connectivity index (χ0v) is 14.3. The van der Waals surface area contributed by atoms with E-state index in [1.165, 1.54) is 5.56 Å². The van der Waals surface area contributed by atoms with Crippen molar-refractivity contribution < 1.29 is 0 Å². The van der Waals surface area contributed by atoms with Crippen LogP contribution in [0.25, 0.3) is 0 Å². The fraction of sp³-hybridized carbons (Fsp3) is 0.312. The molecule has 1 aromatic carbocycles.